The molecule has 1 N–H and O–H groups in total. The SMILES string of the molecule is O=C(CC(c1ccccc1)(c1ccccc1)c1ccccc1)NCCc1ccccc1. The van der Waals surface area contributed by atoms with E-state index in [4.69, 9.17) is 0 Å². The second-order valence-corrected chi connectivity index (χ2v) is 7.77. The Bertz CT molecular complexity index is 980. The van der Waals surface area contributed by atoms with Crippen LogP contribution in [0.25, 0.3) is 0 Å². The highest BCUT2D eigenvalue weighted by Crippen LogP contribution is 2.42. The van der Waals surface area contributed by atoms with Crippen molar-refractivity contribution in [2.24, 2.45) is 0 Å². The van der Waals surface area contributed by atoms with Gasteiger partial charge in [-0.15, -0.1) is 0 Å². The van der Waals surface area contributed by atoms with Gasteiger partial charge in [-0.05, 0) is 28.7 Å². The molecule has 0 bridgehead atoms. The van der Waals surface area contributed by atoms with Crippen LogP contribution in [0.5, 0.6) is 0 Å². The van der Waals surface area contributed by atoms with Crippen molar-refractivity contribution < 1.29 is 4.79 Å². The van der Waals surface area contributed by atoms with Gasteiger partial charge >= 0.3 is 0 Å². The first-order valence-corrected chi connectivity index (χ1v) is 10.8. The fourth-order valence-corrected chi connectivity index (χ4v) is 4.27. The number of benzene rings is 4. The molecule has 0 aliphatic carbocycles. The summed E-state index contributed by atoms with van der Waals surface area (Å²) in [5.74, 6) is 0.0486. The van der Waals surface area contributed by atoms with E-state index in [2.05, 4.69) is 53.8 Å². The number of hydrogen-bond acceptors (Lipinski definition) is 1. The molecule has 1 amide bonds. The van der Waals surface area contributed by atoms with E-state index in [1.807, 2.05) is 72.8 Å². The third-order valence-electron chi connectivity index (χ3n) is 5.80. The molecule has 0 aliphatic heterocycles. The van der Waals surface area contributed by atoms with Crippen LogP contribution in [0, 0.1) is 0 Å². The van der Waals surface area contributed by atoms with Gasteiger partial charge in [-0.2, -0.15) is 0 Å². The zero-order valence-corrected chi connectivity index (χ0v) is 17.6. The van der Waals surface area contributed by atoms with E-state index in [-0.39, 0.29) is 5.91 Å². The maximum absolute atomic E-state index is 13.3. The minimum atomic E-state index is -0.555. The van der Waals surface area contributed by atoms with E-state index in [1.165, 1.54) is 5.56 Å². The van der Waals surface area contributed by atoms with Gasteiger partial charge in [-0.3, -0.25) is 4.79 Å². The molecule has 0 unspecified atom stereocenters. The lowest BCUT2D eigenvalue weighted by Crippen LogP contribution is -2.37. The number of hydrogen-bond donors (Lipinski definition) is 1. The van der Waals surface area contributed by atoms with Crippen molar-refractivity contribution in [3.05, 3.63) is 144 Å². The van der Waals surface area contributed by atoms with Crippen LogP contribution in [0.15, 0.2) is 121 Å². The van der Waals surface area contributed by atoms with Crippen molar-refractivity contribution in [2.75, 3.05) is 6.54 Å². The molecule has 2 heteroatoms. The quantitative estimate of drug-likeness (QED) is 0.371. The number of amides is 1. The first-order chi connectivity index (χ1) is 15.3. The topological polar surface area (TPSA) is 29.1 Å². The Morgan fingerprint density at radius 2 is 0.968 bits per heavy atom. The lowest BCUT2D eigenvalue weighted by Gasteiger charge is -2.35. The van der Waals surface area contributed by atoms with E-state index in [0.29, 0.717) is 13.0 Å². The van der Waals surface area contributed by atoms with Gasteiger partial charge in [0, 0.05) is 13.0 Å². The second kappa shape index (κ2) is 9.90. The van der Waals surface area contributed by atoms with Crippen LogP contribution in [0.4, 0.5) is 0 Å². The summed E-state index contributed by atoms with van der Waals surface area (Å²) >= 11 is 0. The van der Waals surface area contributed by atoms with E-state index in [9.17, 15) is 4.79 Å². The molecule has 4 rings (SSSR count). The van der Waals surface area contributed by atoms with Gasteiger partial charge in [0.2, 0.25) is 5.91 Å². The molecule has 0 radical (unpaired) electrons. The summed E-state index contributed by atoms with van der Waals surface area (Å²) in [5.41, 5.74) is 4.02. The summed E-state index contributed by atoms with van der Waals surface area (Å²) in [7, 11) is 0. The first kappa shape index (κ1) is 20.6. The monoisotopic (exact) mass is 405 g/mol. The van der Waals surface area contributed by atoms with Gasteiger partial charge in [0.1, 0.15) is 0 Å². The zero-order valence-electron chi connectivity index (χ0n) is 17.6. The van der Waals surface area contributed by atoms with Gasteiger partial charge in [-0.1, -0.05) is 121 Å². The molecular formula is C29H27NO. The summed E-state index contributed by atoms with van der Waals surface area (Å²) in [6, 6.07) is 41.3. The molecule has 0 spiro atoms. The number of carbonyl (C=O) groups is 1. The summed E-state index contributed by atoms with van der Waals surface area (Å²) in [6.45, 7) is 0.622. The summed E-state index contributed by atoms with van der Waals surface area (Å²) < 4.78 is 0. The molecule has 0 saturated heterocycles. The molecule has 0 heterocycles. The van der Waals surface area contributed by atoms with Crippen LogP contribution >= 0.6 is 0 Å². The van der Waals surface area contributed by atoms with Crippen LogP contribution in [0.2, 0.25) is 0 Å². The maximum Gasteiger partial charge on any atom is 0.221 e. The average Bonchev–Trinajstić information content (AvgIpc) is 2.85. The van der Waals surface area contributed by atoms with Crippen molar-refractivity contribution in [2.45, 2.75) is 18.3 Å². The van der Waals surface area contributed by atoms with Gasteiger partial charge in [0.15, 0.2) is 0 Å². The van der Waals surface area contributed by atoms with Gasteiger partial charge in [0.25, 0.3) is 0 Å². The normalized spacial score (nSPS) is 11.1. The fourth-order valence-electron chi connectivity index (χ4n) is 4.27. The predicted molar refractivity (Wildman–Crippen MR) is 127 cm³/mol. The zero-order chi connectivity index (χ0) is 21.4. The summed E-state index contributed by atoms with van der Waals surface area (Å²) in [5, 5.41) is 3.16. The Kier molecular flexibility index (Phi) is 6.59. The minimum absolute atomic E-state index is 0.0486. The third-order valence-corrected chi connectivity index (χ3v) is 5.80. The highest BCUT2D eigenvalue weighted by Gasteiger charge is 2.38. The Labute approximate surface area is 184 Å². The maximum atomic E-state index is 13.3. The molecule has 4 aromatic carbocycles. The van der Waals surface area contributed by atoms with Crippen molar-refractivity contribution in [3.8, 4) is 0 Å². The van der Waals surface area contributed by atoms with E-state index in [1.54, 1.807) is 0 Å². The highest BCUT2D eigenvalue weighted by atomic mass is 16.1. The van der Waals surface area contributed by atoms with Gasteiger partial charge in [0.05, 0.1) is 5.41 Å². The number of carbonyl (C=O) groups excluding carboxylic acids is 1. The molecule has 4 aromatic rings. The third kappa shape index (κ3) is 4.75. The lowest BCUT2D eigenvalue weighted by molar-refractivity contribution is -0.121. The Morgan fingerprint density at radius 3 is 1.39 bits per heavy atom. The smallest absolute Gasteiger partial charge is 0.221 e. The predicted octanol–water partition coefficient (Wildman–Crippen LogP) is 5.77. The molecular weight excluding hydrogens is 378 g/mol. The number of nitrogens with one attached hydrogen (secondary N) is 1. The van der Waals surface area contributed by atoms with Crippen molar-refractivity contribution in [1.29, 1.82) is 0 Å². The molecule has 154 valence electrons. The number of rotatable bonds is 8. The van der Waals surface area contributed by atoms with Crippen molar-refractivity contribution >= 4 is 5.91 Å². The summed E-state index contributed by atoms with van der Waals surface area (Å²) in [4.78, 5) is 13.3. The average molecular weight is 406 g/mol. The van der Waals surface area contributed by atoms with Crippen molar-refractivity contribution in [3.63, 3.8) is 0 Å². The standard InChI is InChI=1S/C29H27NO/c31-28(30-22-21-24-13-5-1-6-14-24)23-29(25-15-7-2-8-16-25,26-17-9-3-10-18-26)27-19-11-4-12-20-27/h1-20H,21-23H2,(H,30,31). The minimum Gasteiger partial charge on any atom is -0.356 e. The van der Waals surface area contributed by atoms with Crippen LogP contribution in [-0.4, -0.2) is 12.5 Å². The molecule has 31 heavy (non-hydrogen) atoms. The molecule has 0 aromatic heterocycles. The van der Waals surface area contributed by atoms with Gasteiger partial charge < -0.3 is 5.32 Å². The molecule has 0 fully saturated rings. The molecule has 0 atom stereocenters. The molecule has 0 saturated carbocycles. The van der Waals surface area contributed by atoms with E-state index >= 15 is 0 Å². The van der Waals surface area contributed by atoms with Gasteiger partial charge in [-0.25, -0.2) is 0 Å². The van der Waals surface area contributed by atoms with Crippen LogP contribution in [0.1, 0.15) is 28.7 Å². The highest BCUT2D eigenvalue weighted by molar-refractivity contribution is 5.80. The molecule has 2 nitrogen and oxygen atoms in total. The largest absolute Gasteiger partial charge is 0.356 e. The van der Waals surface area contributed by atoms with E-state index in [0.717, 1.165) is 23.1 Å². The second-order valence-electron chi connectivity index (χ2n) is 7.77. The Morgan fingerprint density at radius 1 is 0.581 bits per heavy atom. The van der Waals surface area contributed by atoms with Crippen LogP contribution in [-0.2, 0) is 16.6 Å². The fraction of sp³-hybridized carbons (Fsp3) is 0.138. The lowest BCUT2D eigenvalue weighted by atomic mass is 9.67. The first-order valence-electron chi connectivity index (χ1n) is 10.8. The van der Waals surface area contributed by atoms with E-state index < -0.39 is 5.41 Å². The Balaban J connectivity index is 1.67. The Hall–Kier alpha value is -3.65. The van der Waals surface area contributed by atoms with Crippen molar-refractivity contribution in [1.82, 2.24) is 5.32 Å². The van der Waals surface area contributed by atoms with Crippen LogP contribution in [0.3, 0.4) is 0 Å². The summed E-state index contributed by atoms with van der Waals surface area (Å²) in [6.07, 6.45) is 1.17. The molecule has 0 aliphatic rings. The van der Waals surface area contributed by atoms with Crippen LogP contribution < -0.4 is 5.32 Å².